The van der Waals surface area contributed by atoms with Gasteiger partial charge in [0.05, 0.1) is 0 Å². The quantitative estimate of drug-likeness (QED) is 0.651. The van der Waals surface area contributed by atoms with Gasteiger partial charge in [0.2, 0.25) is 0 Å². The summed E-state index contributed by atoms with van der Waals surface area (Å²) in [6, 6.07) is 0. The van der Waals surface area contributed by atoms with Crippen molar-refractivity contribution in [3.63, 3.8) is 0 Å². The molecule has 0 aliphatic carbocycles. The van der Waals surface area contributed by atoms with Gasteiger partial charge >= 0.3 is 0 Å². The Morgan fingerprint density at radius 2 is 2.55 bits per heavy atom. The molecule has 0 radical (unpaired) electrons. The highest BCUT2D eigenvalue weighted by Crippen LogP contribution is 1.95. The van der Waals surface area contributed by atoms with Gasteiger partial charge in [-0.25, -0.2) is 4.98 Å². The number of aromatic nitrogens is 2. The van der Waals surface area contributed by atoms with Gasteiger partial charge in [0.15, 0.2) is 0 Å². The second-order valence-corrected chi connectivity index (χ2v) is 2.24. The first-order chi connectivity index (χ1) is 5.43. The van der Waals surface area contributed by atoms with Crippen molar-refractivity contribution in [1.82, 2.24) is 9.97 Å². The molecular weight excluding hydrogens is 136 g/mol. The molecule has 1 heterocycles. The first-order valence-electron chi connectivity index (χ1n) is 3.69. The zero-order valence-electron chi connectivity index (χ0n) is 6.46. The summed E-state index contributed by atoms with van der Waals surface area (Å²) in [7, 11) is 0. The number of aryl methyl sites for hydroxylation is 1. The summed E-state index contributed by atoms with van der Waals surface area (Å²) < 4.78 is 0. The molecule has 0 aliphatic rings. The number of hydrogen-bond donors (Lipinski definition) is 1. The number of allylic oxidation sites excluding steroid dienone is 3. The normalized spacial score (nSPS) is 10.5. The van der Waals surface area contributed by atoms with Crippen LogP contribution in [0.25, 0.3) is 0 Å². The summed E-state index contributed by atoms with van der Waals surface area (Å²) in [5.41, 5.74) is 0. The molecule has 0 saturated heterocycles. The Labute approximate surface area is 66.7 Å². The summed E-state index contributed by atoms with van der Waals surface area (Å²) in [4.78, 5) is 7.14. The molecule has 11 heavy (non-hydrogen) atoms. The largest absolute Gasteiger partial charge is 0.349 e. The molecule has 1 rings (SSSR count). The monoisotopic (exact) mass is 148 g/mol. The smallest absolute Gasteiger partial charge is 0.106 e. The van der Waals surface area contributed by atoms with E-state index in [1.54, 1.807) is 12.3 Å². The molecule has 0 spiro atoms. The van der Waals surface area contributed by atoms with Gasteiger partial charge in [-0.3, -0.25) is 0 Å². The predicted octanol–water partition coefficient (Wildman–Crippen LogP) is 2.08. The highest BCUT2D eigenvalue weighted by Gasteiger charge is 1.89. The number of imidazole rings is 1. The average Bonchev–Trinajstić information content (AvgIpc) is 2.50. The van der Waals surface area contributed by atoms with E-state index in [0.29, 0.717) is 0 Å². The maximum Gasteiger partial charge on any atom is 0.106 e. The van der Waals surface area contributed by atoms with E-state index in [0.717, 1.165) is 18.7 Å². The predicted molar refractivity (Wildman–Crippen MR) is 46.2 cm³/mol. The van der Waals surface area contributed by atoms with Crippen LogP contribution in [-0.4, -0.2) is 9.97 Å². The van der Waals surface area contributed by atoms with Crippen molar-refractivity contribution in [3.05, 3.63) is 43.0 Å². The molecule has 0 saturated carbocycles. The van der Waals surface area contributed by atoms with E-state index >= 15 is 0 Å². The molecule has 1 aromatic heterocycles. The van der Waals surface area contributed by atoms with E-state index in [2.05, 4.69) is 22.6 Å². The van der Waals surface area contributed by atoms with Crippen LogP contribution in [0.2, 0.25) is 0 Å². The Morgan fingerprint density at radius 1 is 1.64 bits per heavy atom. The summed E-state index contributed by atoms with van der Waals surface area (Å²) in [5, 5.41) is 0. The third kappa shape index (κ3) is 2.85. The Bertz CT molecular complexity index is 222. The van der Waals surface area contributed by atoms with Gasteiger partial charge in [-0.15, -0.1) is 0 Å². The number of H-pyrrole nitrogens is 1. The number of nitrogens with zero attached hydrogens (tertiary/aromatic N) is 1. The topological polar surface area (TPSA) is 28.7 Å². The fourth-order valence-electron chi connectivity index (χ4n) is 0.847. The molecule has 1 aromatic rings. The van der Waals surface area contributed by atoms with Gasteiger partial charge in [0, 0.05) is 18.8 Å². The first kappa shape index (κ1) is 7.79. The van der Waals surface area contributed by atoms with Gasteiger partial charge in [-0.1, -0.05) is 24.8 Å². The van der Waals surface area contributed by atoms with Crippen LogP contribution in [-0.2, 0) is 6.42 Å². The highest BCUT2D eigenvalue weighted by molar-refractivity contribution is 4.99. The zero-order valence-corrected chi connectivity index (χ0v) is 6.46. The van der Waals surface area contributed by atoms with Crippen molar-refractivity contribution < 1.29 is 0 Å². The molecule has 0 bridgehead atoms. The molecule has 0 amide bonds. The first-order valence-corrected chi connectivity index (χ1v) is 3.69. The Kier molecular flexibility index (Phi) is 3.19. The summed E-state index contributed by atoms with van der Waals surface area (Å²) in [5.74, 6) is 1.04. The number of nitrogens with one attached hydrogen (secondary N) is 1. The number of aromatic amines is 1. The second-order valence-electron chi connectivity index (χ2n) is 2.24. The Morgan fingerprint density at radius 3 is 3.18 bits per heavy atom. The van der Waals surface area contributed by atoms with Crippen molar-refractivity contribution in [2.75, 3.05) is 0 Å². The minimum absolute atomic E-state index is 0.970. The molecule has 2 nitrogen and oxygen atoms in total. The minimum atomic E-state index is 0.970. The second kappa shape index (κ2) is 4.50. The van der Waals surface area contributed by atoms with Crippen LogP contribution in [0.5, 0.6) is 0 Å². The van der Waals surface area contributed by atoms with Gasteiger partial charge in [0.1, 0.15) is 5.82 Å². The van der Waals surface area contributed by atoms with Crippen molar-refractivity contribution in [2.24, 2.45) is 0 Å². The molecule has 0 unspecified atom stereocenters. The lowest BCUT2D eigenvalue weighted by molar-refractivity contribution is 0.910. The van der Waals surface area contributed by atoms with Crippen LogP contribution in [0.15, 0.2) is 37.2 Å². The maximum absolute atomic E-state index is 4.10. The van der Waals surface area contributed by atoms with E-state index < -0.39 is 0 Å². The Hall–Kier alpha value is -1.31. The summed E-state index contributed by atoms with van der Waals surface area (Å²) in [6.07, 6.45) is 11.4. The lowest BCUT2D eigenvalue weighted by Crippen LogP contribution is -1.84. The lowest BCUT2D eigenvalue weighted by Gasteiger charge is -1.88. The average molecular weight is 148 g/mol. The van der Waals surface area contributed by atoms with Gasteiger partial charge in [-0.2, -0.15) is 0 Å². The molecule has 0 aromatic carbocycles. The van der Waals surface area contributed by atoms with Crippen LogP contribution >= 0.6 is 0 Å². The van der Waals surface area contributed by atoms with Crippen LogP contribution < -0.4 is 0 Å². The summed E-state index contributed by atoms with van der Waals surface area (Å²) >= 11 is 0. The molecule has 0 atom stereocenters. The van der Waals surface area contributed by atoms with Crippen molar-refractivity contribution in [3.8, 4) is 0 Å². The van der Waals surface area contributed by atoms with Gasteiger partial charge < -0.3 is 4.98 Å². The van der Waals surface area contributed by atoms with E-state index in [1.807, 2.05) is 12.3 Å². The van der Waals surface area contributed by atoms with E-state index in [1.165, 1.54) is 0 Å². The fraction of sp³-hybridized carbons (Fsp3) is 0.222. The SMILES string of the molecule is C=C/C=C/CCc1ncc[nH]1. The maximum atomic E-state index is 4.10. The fourth-order valence-corrected chi connectivity index (χ4v) is 0.847. The standard InChI is InChI=1S/C9H12N2/c1-2-3-4-5-6-9-10-7-8-11-9/h2-4,7-8H,1,5-6H2,(H,10,11)/b4-3+. The molecule has 1 N–H and O–H groups in total. The number of rotatable bonds is 4. The molecule has 58 valence electrons. The molecule has 0 fully saturated rings. The van der Waals surface area contributed by atoms with Gasteiger partial charge in [0.25, 0.3) is 0 Å². The summed E-state index contributed by atoms with van der Waals surface area (Å²) in [6.45, 7) is 3.58. The third-order valence-corrected chi connectivity index (χ3v) is 1.37. The highest BCUT2D eigenvalue weighted by atomic mass is 14.9. The number of hydrogen-bond acceptors (Lipinski definition) is 1. The molecule has 0 aliphatic heterocycles. The van der Waals surface area contributed by atoms with E-state index in [9.17, 15) is 0 Å². The van der Waals surface area contributed by atoms with E-state index in [-0.39, 0.29) is 0 Å². The van der Waals surface area contributed by atoms with Crippen LogP contribution in [0.1, 0.15) is 12.2 Å². The van der Waals surface area contributed by atoms with Crippen molar-refractivity contribution in [1.29, 1.82) is 0 Å². The minimum Gasteiger partial charge on any atom is -0.349 e. The van der Waals surface area contributed by atoms with Crippen LogP contribution in [0.3, 0.4) is 0 Å². The zero-order chi connectivity index (χ0) is 7.94. The lowest BCUT2D eigenvalue weighted by atomic mass is 10.3. The van der Waals surface area contributed by atoms with Crippen molar-refractivity contribution >= 4 is 0 Å². The Balaban J connectivity index is 2.23. The van der Waals surface area contributed by atoms with Gasteiger partial charge in [-0.05, 0) is 6.42 Å². The van der Waals surface area contributed by atoms with E-state index in [4.69, 9.17) is 0 Å². The van der Waals surface area contributed by atoms with Crippen molar-refractivity contribution in [2.45, 2.75) is 12.8 Å². The van der Waals surface area contributed by atoms with Crippen LogP contribution in [0.4, 0.5) is 0 Å². The van der Waals surface area contributed by atoms with Crippen LogP contribution in [0, 0.1) is 0 Å². The third-order valence-electron chi connectivity index (χ3n) is 1.37. The molecular formula is C9H12N2. The molecule has 2 heteroatoms.